The summed E-state index contributed by atoms with van der Waals surface area (Å²) < 4.78 is 1.75. The highest BCUT2D eigenvalue weighted by atomic mass is 16.3. The molecule has 10 nitrogen and oxygen atoms in total. The zero-order valence-electron chi connectivity index (χ0n) is 19.6. The van der Waals surface area contributed by atoms with E-state index in [1.54, 1.807) is 17.1 Å². The fraction of sp³-hybridized carbons (Fsp3) is 0.231. The van der Waals surface area contributed by atoms with E-state index in [1.807, 2.05) is 49.5 Å². The van der Waals surface area contributed by atoms with Crippen LogP contribution < -0.4 is 4.90 Å². The minimum absolute atomic E-state index is 0.302. The van der Waals surface area contributed by atoms with E-state index in [0.717, 1.165) is 46.9 Å². The predicted octanol–water partition coefficient (Wildman–Crippen LogP) is 3.08. The van der Waals surface area contributed by atoms with E-state index in [-0.39, 0.29) is 6.10 Å². The molecular weight excluding hydrogens is 454 g/mol. The fourth-order valence-corrected chi connectivity index (χ4v) is 4.64. The molecule has 4 aromatic heterocycles. The lowest BCUT2D eigenvalue weighted by Crippen LogP contribution is -2.22. The van der Waals surface area contributed by atoms with E-state index >= 15 is 0 Å². The molecule has 0 bridgehead atoms. The van der Waals surface area contributed by atoms with Gasteiger partial charge in [0.1, 0.15) is 17.0 Å². The summed E-state index contributed by atoms with van der Waals surface area (Å²) in [6.45, 7) is 3.78. The molecule has 1 fully saturated rings. The van der Waals surface area contributed by atoms with Crippen LogP contribution in [0.15, 0.2) is 55.0 Å². The van der Waals surface area contributed by atoms with Crippen molar-refractivity contribution < 1.29 is 5.11 Å². The van der Waals surface area contributed by atoms with Crippen molar-refractivity contribution in [3.63, 3.8) is 0 Å². The molecule has 0 saturated carbocycles. The highest BCUT2D eigenvalue weighted by molar-refractivity contribution is 5.91. The molecule has 1 aliphatic rings. The topological polar surface area (TPSA) is 132 Å². The zero-order valence-corrected chi connectivity index (χ0v) is 19.6. The minimum Gasteiger partial charge on any atom is -0.391 e. The Morgan fingerprint density at radius 3 is 2.86 bits per heavy atom. The van der Waals surface area contributed by atoms with Gasteiger partial charge in [0.05, 0.1) is 48.2 Å². The van der Waals surface area contributed by atoms with Crippen LogP contribution in [0.1, 0.15) is 23.2 Å². The Balaban J connectivity index is 1.33. The molecule has 1 saturated heterocycles. The first-order chi connectivity index (χ1) is 17.6. The summed E-state index contributed by atoms with van der Waals surface area (Å²) in [7, 11) is 0. The number of nitriles is 1. The largest absolute Gasteiger partial charge is 0.391 e. The third-order valence-corrected chi connectivity index (χ3v) is 6.54. The number of aliphatic hydroxyl groups excluding tert-OH is 1. The number of fused-ring (bicyclic) bond motifs is 1. The van der Waals surface area contributed by atoms with Crippen molar-refractivity contribution in [2.75, 3.05) is 18.0 Å². The molecule has 10 heteroatoms. The number of nitrogens with zero attached hydrogens (tertiary/aromatic N) is 8. The van der Waals surface area contributed by atoms with Gasteiger partial charge < -0.3 is 15.0 Å². The van der Waals surface area contributed by atoms with E-state index < -0.39 is 0 Å². The van der Waals surface area contributed by atoms with Crippen molar-refractivity contribution in [2.24, 2.45) is 0 Å². The van der Waals surface area contributed by atoms with Crippen LogP contribution in [0.3, 0.4) is 0 Å². The maximum absolute atomic E-state index is 9.85. The number of rotatable bonds is 5. The van der Waals surface area contributed by atoms with Crippen molar-refractivity contribution in [1.29, 1.82) is 5.26 Å². The van der Waals surface area contributed by atoms with Gasteiger partial charge in [0.2, 0.25) is 0 Å². The second-order valence-corrected chi connectivity index (χ2v) is 8.92. The summed E-state index contributed by atoms with van der Waals surface area (Å²) in [5.74, 6) is 0.858. The Labute approximate surface area is 206 Å². The lowest BCUT2D eigenvalue weighted by atomic mass is 9.99. The Morgan fingerprint density at radius 1 is 1.14 bits per heavy atom. The van der Waals surface area contributed by atoms with Crippen LogP contribution in [0, 0.1) is 18.3 Å². The van der Waals surface area contributed by atoms with Crippen LogP contribution in [0.5, 0.6) is 0 Å². The normalized spacial score (nSPS) is 15.5. The number of β-amino-alcohol motifs (C(OH)–C–C–N with tert-alkyl or cyclic N) is 1. The van der Waals surface area contributed by atoms with Crippen molar-refractivity contribution in [1.82, 2.24) is 34.9 Å². The van der Waals surface area contributed by atoms with Crippen LogP contribution in [0.2, 0.25) is 0 Å². The second kappa shape index (κ2) is 8.87. The number of pyridine rings is 2. The third-order valence-electron chi connectivity index (χ3n) is 6.54. The molecule has 0 aliphatic carbocycles. The highest BCUT2D eigenvalue weighted by Crippen LogP contribution is 2.31. The number of H-pyrrole nitrogens is 1. The smallest absolute Gasteiger partial charge is 0.158 e. The van der Waals surface area contributed by atoms with Gasteiger partial charge in [-0.25, -0.2) is 19.6 Å². The van der Waals surface area contributed by atoms with Crippen molar-refractivity contribution in [3.8, 4) is 28.6 Å². The molecule has 5 aromatic rings. The molecule has 1 aromatic carbocycles. The number of anilines is 1. The first-order valence-corrected chi connectivity index (χ1v) is 11.7. The van der Waals surface area contributed by atoms with Crippen LogP contribution in [0.25, 0.3) is 33.7 Å². The van der Waals surface area contributed by atoms with Crippen LogP contribution >= 0.6 is 0 Å². The molecule has 6 rings (SSSR count). The highest BCUT2D eigenvalue weighted by Gasteiger charge is 2.21. The van der Waals surface area contributed by atoms with E-state index in [0.29, 0.717) is 35.5 Å². The number of aromatic nitrogens is 7. The van der Waals surface area contributed by atoms with Crippen molar-refractivity contribution in [3.05, 3.63) is 71.8 Å². The van der Waals surface area contributed by atoms with Gasteiger partial charge in [-0.15, -0.1) is 5.10 Å². The number of hydrogen-bond acceptors (Lipinski definition) is 8. The van der Waals surface area contributed by atoms with E-state index in [2.05, 4.69) is 31.2 Å². The van der Waals surface area contributed by atoms with Gasteiger partial charge >= 0.3 is 0 Å². The quantitative estimate of drug-likeness (QED) is 0.395. The lowest BCUT2D eigenvalue weighted by molar-refractivity contribution is 0.198. The molecule has 0 unspecified atom stereocenters. The van der Waals surface area contributed by atoms with Crippen LogP contribution in [-0.4, -0.2) is 59.2 Å². The molecular formula is C26H23N9O. The van der Waals surface area contributed by atoms with Gasteiger partial charge in [-0.1, -0.05) is 23.4 Å². The zero-order chi connectivity index (χ0) is 24.6. The van der Waals surface area contributed by atoms with Crippen LogP contribution in [-0.2, 0) is 6.54 Å². The van der Waals surface area contributed by atoms with Gasteiger partial charge in [-0.3, -0.25) is 0 Å². The summed E-state index contributed by atoms with van der Waals surface area (Å²) in [5.41, 5.74) is 6.77. The third kappa shape index (κ3) is 3.95. The van der Waals surface area contributed by atoms with Crippen molar-refractivity contribution >= 4 is 17.0 Å². The number of hydrogen-bond donors (Lipinski definition) is 2. The summed E-state index contributed by atoms with van der Waals surface area (Å²) in [5, 5.41) is 28.1. The molecule has 2 N–H and O–H groups in total. The molecule has 0 radical (unpaired) electrons. The molecule has 178 valence electrons. The maximum Gasteiger partial charge on any atom is 0.158 e. The molecule has 5 heterocycles. The molecule has 36 heavy (non-hydrogen) atoms. The number of benzene rings is 1. The Hall–Kier alpha value is -4.62. The standard InChI is InChI=1S/C26H23N9O/c1-16-17(11-27)4-2-6-20(16)22-10-21(25-26(31-22)29-15-28-25)23-14-35(33-32-23)12-18-5-3-7-24(30-18)34-9-8-19(36)13-34/h2-7,10,14-15,19,36H,8-9,12-13H2,1H3,(H,28,29,31)/t19-/m0/s1. The molecule has 0 spiro atoms. The summed E-state index contributed by atoms with van der Waals surface area (Å²) in [6, 6.07) is 15.7. The van der Waals surface area contributed by atoms with Crippen LogP contribution in [0.4, 0.5) is 5.82 Å². The van der Waals surface area contributed by atoms with Gasteiger partial charge in [0, 0.05) is 24.2 Å². The maximum atomic E-state index is 9.85. The number of nitrogens with one attached hydrogen (secondary N) is 1. The summed E-state index contributed by atoms with van der Waals surface area (Å²) in [4.78, 5) is 19.1. The minimum atomic E-state index is -0.302. The number of imidazole rings is 1. The van der Waals surface area contributed by atoms with Gasteiger partial charge in [0.15, 0.2) is 5.65 Å². The summed E-state index contributed by atoms with van der Waals surface area (Å²) >= 11 is 0. The Kier molecular flexibility index (Phi) is 5.39. The second-order valence-electron chi connectivity index (χ2n) is 8.92. The lowest BCUT2D eigenvalue weighted by Gasteiger charge is -2.17. The first-order valence-electron chi connectivity index (χ1n) is 11.7. The van der Waals surface area contributed by atoms with Crippen molar-refractivity contribution in [2.45, 2.75) is 26.0 Å². The van der Waals surface area contributed by atoms with Gasteiger partial charge in [0.25, 0.3) is 0 Å². The fourth-order valence-electron chi connectivity index (χ4n) is 4.64. The predicted molar refractivity (Wildman–Crippen MR) is 134 cm³/mol. The Bertz CT molecular complexity index is 1610. The molecule has 1 atom stereocenters. The number of aliphatic hydroxyl groups is 1. The SMILES string of the molecule is Cc1c(C#N)cccc1-c1cc(-c2cn(Cc3cccc(N4CC[C@H](O)C4)n3)nn2)c2nc[nH]c2n1. The average molecular weight is 478 g/mol. The van der Waals surface area contributed by atoms with Gasteiger partial charge in [-0.05, 0) is 43.2 Å². The van der Waals surface area contributed by atoms with E-state index in [9.17, 15) is 10.4 Å². The first kappa shape index (κ1) is 21.9. The molecule has 1 aliphatic heterocycles. The Morgan fingerprint density at radius 2 is 2.03 bits per heavy atom. The summed E-state index contributed by atoms with van der Waals surface area (Å²) in [6.07, 6.45) is 3.94. The number of aromatic amines is 1. The molecule has 0 amide bonds. The monoisotopic (exact) mass is 477 g/mol. The van der Waals surface area contributed by atoms with E-state index in [4.69, 9.17) is 9.97 Å². The average Bonchev–Trinajstić information content (AvgIpc) is 3.65. The van der Waals surface area contributed by atoms with E-state index in [1.165, 1.54) is 0 Å². The van der Waals surface area contributed by atoms with Gasteiger partial charge in [-0.2, -0.15) is 5.26 Å².